The van der Waals surface area contributed by atoms with Crippen LogP contribution in [0.4, 0.5) is 5.69 Å². The van der Waals surface area contributed by atoms with Gasteiger partial charge in [0, 0.05) is 38.4 Å². The van der Waals surface area contributed by atoms with Gasteiger partial charge in [-0.1, -0.05) is 53.5 Å². The predicted octanol–water partition coefficient (Wildman–Crippen LogP) is 5.40. The molecule has 1 aliphatic heterocycles. The lowest BCUT2D eigenvalue weighted by molar-refractivity contribution is 0.471. The third kappa shape index (κ3) is 3.57. The van der Waals surface area contributed by atoms with E-state index in [1.165, 1.54) is 5.56 Å². The molecule has 1 saturated carbocycles. The van der Waals surface area contributed by atoms with Crippen LogP contribution in [-0.4, -0.2) is 32.8 Å². The second-order valence-electron chi connectivity index (χ2n) is 8.10. The number of hydrogen-bond donors (Lipinski definition) is 0. The average molecular weight is 465 g/mol. The molecular formula is C22H24Cl3N5. The average Bonchev–Trinajstić information content (AvgIpc) is 3.45. The summed E-state index contributed by atoms with van der Waals surface area (Å²) in [6, 6.07) is 10.7. The van der Waals surface area contributed by atoms with Crippen molar-refractivity contribution in [3.05, 3.63) is 70.0 Å². The lowest BCUT2D eigenvalue weighted by atomic mass is 9.93. The SMILES string of the molecule is Cl.Cn1c(C2CCN(c3c(Cl)cncc3Cl)CC2)nnc1C1(c2ccccc2)CC1. The van der Waals surface area contributed by atoms with Crippen LogP contribution in [0.2, 0.25) is 10.0 Å². The van der Waals surface area contributed by atoms with E-state index < -0.39 is 0 Å². The van der Waals surface area contributed by atoms with E-state index in [1.54, 1.807) is 12.4 Å². The standard InChI is InChI=1S/C22H23Cl2N5.ClH/c1-28-20(26-27-21(28)22(9-10-22)16-5-3-2-4-6-16)15-7-11-29(12-8-15)19-17(23)13-25-14-18(19)24;/h2-6,13-15H,7-12H2,1H3;1H. The summed E-state index contributed by atoms with van der Waals surface area (Å²) in [5, 5.41) is 10.5. The van der Waals surface area contributed by atoms with Gasteiger partial charge in [-0.2, -0.15) is 0 Å². The molecule has 3 aromatic rings. The highest BCUT2D eigenvalue weighted by Crippen LogP contribution is 2.53. The monoisotopic (exact) mass is 463 g/mol. The normalized spacial score (nSPS) is 18.2. The van der Waals surface area contributed by atoms with E-state index in [2.05, 4.69) is 62.0 Å². The summed E-state index contributed by atoms with van der Waals surface area (Å²) in [5.74, 6) is 2.58. The molecule has 158 valence electrons. The van der Waals surface area contributed by atoms with Gasteiger partial charge in [0.25, 0.3) is 0 Å². The van der Waals surface area contributed by atoms with Crippen LogP contribution in [0.25, 0.3) is 0 Å². The smallest absolute Gasteiger partial charge is 0.143 e. The van der Waals surface area contributed by atoms with E-state index >= 15 is 0 Å². The van der Waals surface area contributed by atoms with Crippen molar-refractivity contribution in [3.63, 3.8) is 0 Å². The number of anilines is 1. The third-order valence-electron chi connectivity index (χ3n) is 6.42. The Labute approximate surface area is 192 Å². The van der Waals surface area contributed by atoms with Gasteiger partial charge in [0.2, 0.25) is 0 Å². The lowest BCUT2D eigenvalue weighted by Crippen LogP contribution is -2.34. The molecule has 0 radical (unpaired) electrons. The van der Waals surface area contributed by atoms with Crippen LogP contribution in [0, 0.1) is 0 Å². The van der Waals surface area contributed by atoms with Crippen molar-refractivity contribution in [3.8, 4) is 0 Å². The Hall–Kier alpha value is -1.82. The zero-order valence-corrected chi connectivity index (χ0v) is 19.1. The largest absolute Gasteiger partial charge is 0.369 e. The molecule has 2 aromatic heterocycles. The number of rotatable bonds is 4. The minimum absolute atomic E-state index is 0. The van der Waals surface area contributed by atoms with E-state index in [-0.39, 0.29) is 17.8 Å². The zero-order valence-electron chi connectivity index (χ0n) is 16.8. The lowest BCUT2D eigenvalue weighted by Gasteiger charge is -2.34. The van der Waals surface area contributed by atoms with Crippen molar-refractivity contribution in [1.82, 2.24) is 19.7 Å². The summed E-state index contributed by atoms with van der Waals surface area (Å²) in [4.78, 5) is 6.31. The molecule has 2 aliphatic rings. The van der Waals surface area contributed by atoms with Gasteiger partial charge in [-0.05, 0) is 31.2 Å². The molecule has 8 heteroatoms. The highest BCUT2D eigenvalue weighted by atomic mass is 35.5. The fraction of sp³-hybridized carbons (Fsp3) is 0.409. The molecular weight excluding hydrogens is 441 g/mol. The Morgan fingerprint density at radius 1 is 0.967 bits per heavy atom. The molecule has 0 bridgehead atoms. The Morgan fingerprint density at radius 2 is 1.60 bits per heavy atom. The first kappa shape index (κ1) is 21.4. The first-order valence-electron chi connectivity index (χ1n) is 10.1. The summed E-state index contributed by atoms with van der Waals surface area (Å²) >= 11 is 12.7. The molecule has 5 nitrogen and oxygen atoms in total. The van der Waals surface area contributed by atoms with E-state index in [4.69, 9.17) is 23.2 Å². The number of hydrogen-bond acceptors (Lipinski definition) is 4. The van der Waals surface area contributed by atoms with E-state index in [0.717, 1.165) is 56.1 Å². The fourth-order valence-corrected chi connectivity index (χ4v) is 5.31. The molecule has 30 heavy (non-hydrogen) atoms. The second-order valence-corrected chi connectivity index (χ2v) is 8.92. The summed E-state index contributed by atoms with van der Waals surface area (Å²) in [6.07, 6.45) is 7.59. The number of nitrogens with zero attached hydrogens (tertiary/aromatic N) is 5. The molecule has 0 spiro atoms. The summed E-state index contributed by atoms with van der Waals surface area (Å²) in [7, 11) is 2.12. The highest BCUT2D eigenvalue weighted by molar-refractivity contribution is 6.38. The number of benzene rings is 1. The van der Waals surface area contributed by atoms with Crippen LogP contribution in [0.1, 0.15) is 48.8 Å². The predicted molar refractivity (Wildman–Crippen MR) is 123 cm³/mol. The van der Waals surface area contributed by atoms with Crippen molar-refractivity contribution in [2.45, 2.75) is 37.0 Å². The van der Waals surface area contributed by atoms with Crippen molar-refractivity contribution >= 4 is 41.3 Å². The van der Waals surface area contributed by atoms with Crippen LogP contribution in [0.15, 0.2) is 42.7 Å². The molecule has 0 amide bonds. The van der Waals surface area contributed by atoms with Crippen molar-refractivity contribution in [2.75, 3.05) is 18.0 Å². The molecule has 0 atom stereocenters. The molecule has 1 saturated heterocycles. The zero-order chi connectivity index (χ0) is 20.0. The molecule has 1 aromatic carbocycles. The molecule has 2 fully saturated rings. The second kappa shape index (κ2) is 8.37. The Balaban J connectivity index is 0.00000218. The minimum Gasteiger partial charge on any atom is -0.369 e. The maximum absolute atomic E-state index is 6.35. The number of pyridine rings is 1. The molecule has 0 unspecified atom stereocenters. The number of piperidine rings is 1. The summed E-state index contributed by atoms with van der Waals surface area (Å²) in [6.45, 7) is 1.78. The van der Waals surface area contributed by atoms with Crippen molar-refractivity contribution < 1.29 is 0 Å². The fourth-order valence-electron chi connectivity index (χ4n) is 4.70. The van der Waals surface area contributed by atoms with E-state index in [0.29, 0.717) is 16.0 Å². The van der Waals surface area contributed by atoms with Gasteiger partial charge in [-0.25, -0.2) is 0 Å². The van der Waals surface area contributed by atoms with Crippen LogP contribution in [0.3, 0.4) is 0 Å². The van der Waals surface area contributed by atoms with Crippen LogP contribution in [-0.2, 0) is 12.5 Å². The van der Waals surface area contributed by atoms with Gasteiger partial charge in [0.15, 0.2) is 0 Å². The molecule has 1 aliphatic carbocycles. The van der Waals surface area contributed by atoms with Gasteiger partial charge < -0.3 is 9.47 Å². The third-order valence-corrected chi connectivity index (χ3v) is 6.97. The Bertz CT molecular complexity index is 1000. The first-order chi connectivity index (χ1) is 14.1. The minimum atomic E-state index is 0. The number of halogens is 3. The van der Waals surface area contributed by atoms with Crippen LogP contribution >= 0.6 is 35.6 Å². The Kier molecular flexibility index (Phi) is 5.97. The highest BCUT2D eigenvalue weighted by Gasteiger charge is 2.50. The maximum atomic E-state index is 6.35. The quantitative estimate of drug-likeness (QED) is 0.518. The maximum Gasteiger partial charge on any atom is 0.143 e. The molecule has 3 heterocycles. The summed E-state index contributed by atoms with van der Waals surface area (Å²) in [5.41, 5.74) is 2.28. The van der Waals surface area contributed by atoms with Crippen LogP contribution in [0.5, 0.6) is 0 Å². The topological polar surface area (TPSA) is 46.8 Å². The van der Waals surface area contributed by atoms with Crippen LogP contribution < -0.4 is 4.90 Å². The van der Waals surface area contributed by atoms with Crippen molar-refractivity contribution in [2.24, 2.45) is 7.05 Å². The van der Waals surface area contributed by atoms with Gasteiger partial charge in [-0.15, -0.1) is 22.6 Å². The molecule has 0 N–H and O–H groups in total. The number of aromatic nitrogens is 4. The van der Waals surface area contributed by atoms with E-state index in [9.17, 15) is 0 Å². The van der Waals surface area contributed by atoms with Gasteiger partial charge in [0.05, 0.1) is 21.1 Å². The van der Waals surface area contributed by atoms with Gasteiger partial charge >= 0.3 is 0 Å². The van der Waals surface area contributed by atoms with Gasteiger partial charge in [-0.3, -0.25) is 4.98 Å². The molecule has 5 rings (SSSR count). The Morgan fingerprint density at radius 3 is 2.20 bits per heavy atom. The first-order valence-corrected chi connectivity index (χ1v) is 10.8. The summed E-state index contributed by atoms with van der Waals surface area (Å²) < 4.78 is 2.24. The van der Waals surface area contributed by atoms with E-state index in [1.807, 2.05) is 0 Å². The van der Waals surface area contributed by atoms with Crippen molar-refractivity contribution in [1.29, 1.82) is 0 Å². The van der Waals surface area contributed by atoms with Gasteiger partial charge in [0.1, 0.15) is 11.6 Å².